The molecule has 3 rings (SSSR count). The number of esters is 1. The van der Waals surface area contributed by atoms with Crippen LogP contribution in [0.2, 0.25) is 0 Å². The van der Waals surface area contributed by atoms with Gasteiger partial charge in [0, 0.05) is 65.1 Å². The summed E-state index contributed by atoms with van der Waals surface area (Å²) in [4.78, 5) is 284. The average Bonchev–Trinajstić information content (AvgIpc) is 0.862. The predicted octanol–water partition coefficient (Wildman–Crippen LogP) is -0.370. The number of likely N-dealkylation sites (N-methyl/N-ethyl adjacent to an activating group) is 1. The third kappa shape index (κ3) is 55.7. The topological polar surface area (TPSA) is 612 Å². The third-order valence-electron chi connectivity index (χ3n) is 20.4. The molecule has 11 unspecified atom stereocenters. The van der Waals surface area contributed by atoms with Crippen LogP contribution in [0.15, 0.2) is 91.0 Å². The fourth-order valence-electron chi connectivity index (χ4n) is 13.3. The van der Waals surface area contributed by atoms with Crippen LogP contribution in [0, 0.1) is 17.8 Å². The molecule has 0 saturated carbocycles. The lowest BCUT2D eigenvalue weighted by Crippen LogP contribution is -2.56. The van der Waals surface area contributed by atoms with Crippen LogP contribution in [-0.4, -0.2) is 303 Å². The van der Waals surface area contributed by atoms with Crippen molar-refractivity contribution in [2.75, 3.05) is 99.2 Å². The molecule has 0 spiro atoms. The van der Waals surface area contributed by atoms with Crippen LogP contribution in [0.4, 0.5) is 4.79 Å². The zero-order valence-corrected chi connectivity index (χ0v) is 85.7. The number of carbonyl (C=O) groups is 21. The highest BCUT2D eigenvalue weighted by Crippen LogP contribution is 2.25. The first kappa shape index (κ1) is 124. The molecule has 18 N–H and O–H groups in total. The molecule has 18 amide bonds. The molecule has 43 nitrogen and oxygen atoms in total. The van der Waals surface area contributed by atoms with Gasteiger partial charge in [-0.15, -0.1) is 0 Å². The lowest BCUT2D eigenvalue weighted by atomic mass is 10.0. The number of hydrogen-bond acceptors (Lipinski definition) is 25. The Bertz CT molecular complexity index is 4650. The van der Waals surface area contributed by atoms with Gasteiger partial charge < -0.3 is 115 Å². The molecule has 0 aliphatic carbocycles. The minimum Gasteiger partial charge on any atom is -0.458 e. The van der Waals surface area contributed by atoms with Crippen LogP contribution in [0.1, 0.15) is 177 Å². The number of amides is 18. The molecule has 142 heavy (non-hydrogen) atoms. The molecule has 0 heterocycles. The second kappa shape index (κ2) is 66.4. The highest BCUT2D eigenvalue weighted by Gasteiger charge is 2.36. The maximum Gasteiger partial charge on any atom is 0.408 e. The number of carbonyl (C=O) groups excluding carboxylic acids is 21. The smallest absolute Gasteiger partial charge is 0.408 e. The maximum absolute atomic E-state index is 14.4. The van der Waals surface area contributed by atoms with Gasteiger partial charge in [-0.2, -0.15) is 0 Å². The van der Waals surface area contributed by atoms with E-state index >= 15 is 0 Å². The monoisotopic (exact) mass is 2020 g/mol. The summed E-state index contributed by atoms with van der Waals surface area (Å²) in [5, 5.41) is 46.0. The van der Waals surface area contributed by atoms with E-state index in [1.165, 1.54) is 41.1 Å². The molecule has 0 bridgehead atoms. The van der Waals surface area contributed by atoms with Crippen molar-refractivity contribution < 1.29 is 120 Å². The number of alkyl carbamates (subject to hydrolysis) is 1. The van der Waals surface area contributed by atoms with E-state index in [9.17, 15) is 101 Å². The highest BCUT2D eigenvalue weighted by atomic mass is 31.1. The Balaban J connectivity index is 1.86. The molecule has 3 aromatic rings. The van der Waals surface area contributed by atoms with Gasteiger partial charge in [0.15, 0.2) is 11.0 Å². The molecular formula is C95H144B2N18O25P2. The minimum absolute atomic E-state index is 0.00719. The van der Waals surface area contributed by atoms with E-state index < -0.39 is 270 Å². The SMILES string of the molecule is [B]P(C)C(=O)CNC(=O)C(CC(C)C)NC(=O)C(Cc1ccccc1)NC(=O)CNC(=O)CCC(NC(=O)CCC(NC(=O)CCC(=O)NCCCCC(NC(=O)CNC(=O)C(CC(C)C)NC(=O)C(Cc1ccccc1)NC(=O)CNC(=O)OC(C)(C)C)C(=O)NCCOCCOCC(=O)NC)C(=O)OC(C)(C)C)C(=O)NCC(=O)NC(Cc1ccccc1)C(=O)NC(CC(C)C)C(=O)NCC(=O)P([B])C. The van der Waals surface area contributed by atoms with Crippen molar-refractivity contribution in [3.8, 4) is 0 Å². The molecule has 0 fully saturated rings. The molecular weight excluding hydrogens is 1880 g/mol. The molecule has 4 radical (unpaired) electrons. The summed E-state index contributed by atoms with van der Waals surface area (Å²) in [6.07, 6.45) is -3.65. The molecule has 780 valence electrons. The van der Waals surface area contributed by atoms with Gasteiger partial charge in [0.25, 0.3) is 0 Å². The largest absolute Gasteiger partial charge is 0.458 e. The first-order valence-corrected chi connectivity index (χ1v) is 50.9. The Kier molecular flexibility index (Phi) is 57.9. The van der Waals surface area contributed by atoms with E-state index in [4.69, 9.17) is 34.1 Å². The van der Waals surface area contributed by atoms with E-state index in [1.807, 2.05) is 0 Å². The second-order valence-corrected chi connectivity index (χ2v) is 40.4. The van der Waals surface area contributed by atoms with Crippen molar-refractivity contribution in [1.82, 2.24) is 95.7 Å². The first-order valence-electron chi connectivity index (χ1n) is 47.2. The number of benzene rings is 3. The van der Waals surface area contributed by atoms with Crippen molar-refractivity contribution >= 4 is 154 Å². The summed E-state index contributed by atoms with van der Waals surface area (Å²) in [6, 6.07) is 13.6. The van der Waals surface area contributed by atoms with Gasteiger partial charge in [0.05, 0.1) is 52.5 Å². The van der Waals surface area contributed by atoms with Gasteiger partial charge in [0.1, 0.15) is 93.9 Å². The quantitative estimate of drug-likeness (QED) is 0.0148. The van der Waals surface area contributed by atoms with Crippen LogP contribution < -0.4 is 95.7 Å². The molecule has 3 aromatic carbocycles. The molecule has 0 saturated heterocycles. The van der Waals surface area contributed by atoms with Crippen molar-refractivity contribution in [3.05, 3.63) is 108 Å². The summed E-state index contributed by atoms with van der Waals surface area (Å²) >= 11 is 0. The summed E-state index contributed by atoms with van der Waals surface area (Å²) in [6.45, 7) is 19.6. The summed E-state index contributed by atoms with van der Waals surface area (Å²) in [5.74, 6) is -14.7. The van der Waals surface area contributed by atoms with Crippen LogP contribution in [0.5, 0.6) is 0 Å². The van der Waals surface area contributed by atoms with Gasteiger partial charge in [-0.1, -0.05) is 148 Å². The lowest BCUT2D eigenvalue weighted by Gasteiger charge is -2.25. The van der Waals surface area contributed by atoms with E-state index in [1.54, 1.807) is 153 Å². The predicted molar refractivity (Wildman–Crippen MR) is 532 cm³/mol. The van der Waals surface area contributed by atoms with E-state index in [2.05, 4.69) is 95.7 Å². The van der Waals surface area contributed by atoms with Gasteiger partial charge in [-0.25, -0.2) is 9.59 Å². The number of unbranched alkanes of at least 4 members (excludes halogenated alkanes) is 1. The Morgan fingerprint density at radius 1 is 0.310 bits per heavy atom. The second-order valence-electron chi connectivity index (χ2n) is 37.0. The zero-order valence-electron chi connectivity index (χ0n) is 83.9. The van der Waals surface area contributed by atoms with Gasteiger partial charge in [-0.3, -0.25) is 91.1 Å². The maximum atomic E-state index is 14.4. The van der Waals surface area contributed by atoms with Gasteiger partial charge in [0.2, 0.25) is 100 Å². The number of hydrogen-bond donors (Lipinski definition) is 18. The van der Waals surface area contributed by atoms with Crippen molar-refractivity contribution in [2.45, 2.75) is 245 Å². The molecule has 0 aliphatic rings. The van der Waals surface area contributed by atoms with E-state index in [0.717, 1.165) is 0 Å². The Hall–Kier alpha value is -12.4. The van der Waals surface area contributed by atoms with E-state index in [-0.39, 0.29) is 128 Å². The summed E-state index contributed by atoms with van der Waals surface area (Å²) < 4.78 is 21.6. The standard InChI is InChI=1S/C95H144B2N18O25P2/c1-58(2)45-67(113-91(134)72(50-63-31-23-18-24-32-63)112-80(123)54-106-93(136)140-95(10,11)12)86(129)103-52-78(121)108-64(84(127)100-41-42-137-43-44-138-57-81(124)98-13)33-25-26-40-99-73(116)38-39-76(119)109-66(92(135)139-94(7,8)9)35-37-75(118)107-65(85(128)102-53-79(122)111-71(49-62-29-21-17-22-30-62)90(133)115-69(47-60(5)6)88(131)105-56-83(126)142(15)97)34-36-74(117)101-51-77(120)110-70(48-61-27-19-16-20-28-61)89(132)114-68(46-59(3)4)87(130)104-55-82(125)141(14)96/h16-24,27-32,58-60,64-72H,25-26,33-57H2,1-15H3,(H,98,124)(H,99,116)(H,100,127)(H,101,117)(H,102,128)(H,103,129)(H,104,130)(H,105,131)(H,106,136)(H,107,118)(H,108,121)(H,109,119)(H,110,120)(H,111,122)(H,112,123)(H,113,134)(H,114,132)(H,115,133). The Morgan fingerprint density at radius 3 is 1.05 bits per heavy atom. The Labute approximate surface area is 835 Å². The van der Waals surface area contributed by atoms with Crippen molar-refractivity contribution in [1.29, 1.82) is 0 Å². The summed E-state index contributed by atoms with van der Waals surface area (Å²) in [7, 11) is 9.91. The van der Waals surface area contributed by atoms with Crippen LogP contribution in [-0.2, 0) is 134 Å². The summed E-state index contributed by atoms with van der Waals surface area (Å²) in [5.41, 5.74) is -1.01. The highest BCUT2D eigenvalue weighted by molar-refractivity contribution is 7.95. The molecule has 47 heteroatoms. The normalized spacial score (nSPS) is 13.5. The average molecular weight is 2020 g/mol. The van der Waals surface area contributed by atoms with Crippen LogP contribution in [0.3, 0.4) is 0 Å². The fraction of sp³-hybridized carbons (Fsp3) is 0.589. The Morgan fingerprint density at radius 2 is 0.641 bits per heavy atom. The number of nitrogens with one attached hydrogen (secondary N) is 18. The van der Waals surface area contributed by atoms with Gasteiger partial charge >= 0.3 is 12.1 Å². The molecule has 11 atom stereocenters. The van der Waals surface area contributed by atoms with Crippen molar-refractivity contribution in [2.24, 2.45) is 17.8 Å². The molecule has 0 aliphatic heterocycles. The third-order valence-corrected chi connectivity index (χ3v) is 22.3. The van der Waals surface area contributed by atoms with Crippen LogP contribution >= 0.6 is 15.6 Å². The minimum atomic E-state index is -1.69. The van der Waals surface area contributed by atoms with Crippen molar-refractivity contribution in [3.63, 3.8) is 0 Å². The first-order chi connectivity index (χ1) is 66.9. The van der Waals surface area contributed by atoms with Gasteiger partial charge in [-0.05, 0) is 141 Å². The number of rotatable bonds is 66. The zero-order chi connectivity index (χ0) is 106. The fourth-order valence-corrected chi connectivity index (χ4v) is 14.0. The lowest BCUT2D eigenvalue weighted by molar-refractivity contribution is -0.159. The van der Waals surface area contributed by atoms with Crippen LogP contribution in [0.25, 0.3) is 0 Å². The number of ether oxygens (including phenoxy) is 4. The van der Waals surface area contributed by atoms with E-state index in [0.29, 0.717) is 16.7 Å². The molecule has 0 aromatic heterocycles.